The third-order valence-electron chi connectivity index (χ3n) is 5.05. The number of piperidine rings is 1. The standard InChI is InChI=1S/C21H29FN4O2/c1-3-23-21(26-11-5-6-16(14-26)20(27)28-4-2)24-10-9-15-13-25-19-12-17(22)7-8-18(15)19/h7-8,12-13,16,25H,3-6,9-11,14H2,1-2H3,(H,23,24). The van der Waals surface area contributed by atoms with Crippen molar-refractivity contribution in [1.82, 2.24) is 15.2 Å². The number of ether oxygens (including phenoxy) is 1. The molecular weight excluding hydrogens is 359 g/mol. The first-order valence-electron chi connectivity index (χ1n) is 10.1. The largest absolute Gasteiger partial charge is 0.466 e. The zero-order chi connectivity index (χ0) is 19.9. The lowest BCUT2D eigenvalue weighted by molar-refractivity contribution is -0.149. The highest BCUT2D eigenvalue weighted by molar-refractivity contribution is 5.83. The zero-order valence-electron chi connectivity index (χ0n) is 16.6. The Hall–Kier alpha value is -2.57. The van der Waals surface area contributed by atoms with Crippen molar-refractivity contribution in [2.45, 2.75) is 33.1 Å². The Bertz CT molecular complexity index is 833. The van der Waals surface area contributed by atoms with Crippen molar-refractivity contribution >= 4 is 22.8 Å². The SMILES string of the molecule is CCNC(=NCCc1c[nH]c2cc(F)ccc12)N1CCCC(C(=O)OCC)C1. The quantitative estimate of drug-likeness (QED) is 0.453. The number of nitrogens with zero attached hydrogens (tertiary/aromatic N) is 2. The molecule has 2 N–H and O–H groups in total. The minimum Gasteiger partial charge on any atom is -0.466 e. The van der Waals surface area contributed by atoms with Crippen LogP contribution in [0.1, 0.15) is 32.3 Å². The highest BCUT2D eigenvalue weighted by Gasteiger charge is 2.28. The Morgan fingerprint density at radius 3 is 3.07 bits per heavy atom. The third kappa shape index (κ3) is 4.82. The van der Waals surface area contributed by atoms with E-state index in [1.54, 1.807) is 6.07 Å². The van der Waals surface area contributed by atoms with Crippen LogP contribution in [-0.2, 0) is 16.0 Å². The van der Waals surface area contributed by atoms with Crippen molar-refractivity contribution in [2.75, 3.05) is 32.8 Å². The summed E-state index contributed by atoms with van der Waals surface area (Å²) in [6.45, 7) is 7.20. The van der Waals surface area contributed by atoms with E-state index in [4.69, 9.17) is 9.73 Å². The maximum Gasteiger partial charge on any atom is 0.310 e. The number of fused-ring (bicyclic) bond motifs is 1. The van der Waals surface area contributed by atoms with Gasteiger partial charge >= 0.3 is 5.97 Å². The molecular formula is C21H29FN4O2. The molecule has 1 unspecified atom stereocenters. The minimum atomic E-state index is -0.241. The molecule has 0 saturated carbocycles. The number of aromatic amines is 1. The smallest absolute Gasteiger partial charge is 0.310 e. The minimum absolute atomic E-state index is 0.0962. The number of halogens is 1. The van der Waals surface area contributed by atoms with Gasteiger partial charge in [0.1, 0.15) is 5.82 Å². The fourth-order valence-electron chi connectivity index (χ4n) is 3.70. The van der Waals surface area contributed by atoms with Crippen LogP contribution in [0.25, 0.3) is 10.9 Å². The van der Waals surface area contributed by atoms with Crippen LogP contribution in [0.2, 0.25) is 0 Å². The molecule has 0 bridgehead atoms. The van der Waals surface area contributed by atoms with Gasteiger partial charge in [-0.3, -0.25) is 9.79 Å². The zero-order valence-corrected chi connectivity index (χ0v) is 16.6. The second-order valence-corrected chi connectivity index (χ2v) is 7.03. The summed E-state index contributed by atoms with van der Waals surface area (Å²) in [5.41, 5.74) is 1.93. The average molecular weight is 388 g/mol. The van der Waals surface area contributed by atoms with E-state index in [9.17, 15) is 9.18 Å². The number of nitrogens with one attached hydrogen (secondary N) is 2. The molecule has 28 heavy (non-hydrogen) atoms. The van der Waals surface area contributed by atoms with Crippen LogP contribution in [0.5, 0.6) is 0 Å². The van der Waals surface area contributed by atoms with Gasteiger partial charge in [-0.1, -0.05) is 0 Å². The van der Waals surface area contributed by atoms with Gasteiger partial charge in [-0.2, -0.15) is 0 Å². The number of benzene rings is 1. The van der Waals surface area contributed by atoms with Gasteiger partial charge in [0.05, 0.1) is 12.5 Å². The lowest BCUT2D eigenvalue weighted by Gasteiger charge is -2.34. The van der Waals surface area contributed by atoms with E-state index >= 15 is 0 Å². The number of likely N-dealkylation sites (tertiary alicyclic amines) is 1. The average Bonchev–Trinajstić information content (AvgIpc) is 3.09. The Labute approximate surface area is 165 Å². The van der Waals surface area contributed by atoms with Gasteiger partial charge in [0.15, 0.2) is 5.96 Å². The van der Waals surface area contributed by atoms with Crippen LogP contribution < -0.4 is 5.32 Å². The maximum atomic E-state index is 13.3. The number of aliphatic imine (C=N–C) groups is 1. The Morgan fingerprint density at radius 1 is 1.43 bits per heavy atom. The molecule has 152 valence electrons. The van der Waals surface area contributed by atoms with Crippen molar-refractivity contribution in [1.29, 1.82) is 0 Å². The molecule has 6 nitrogen and oxygen atoms in total. The Morgan fingerprint density at radius 2 is 2.29 bits per heavy atom. The van der Waals surface area contributed by atoms with E-state index in [2.05, 4.69) is 15.2 Å². The molecule has 1 aliphatic rings. The second kappa shape index (κ2) is 9.57. The van der Waals surface area contributed by atoms with Gasteiger partial charge in [0.2, 0.25) is 0 Å². The molecule has 1 aromatic heterocycles. The Balaban J connectivity index is 1.65. The number of esters is 1. The molecule has 7 heteroatoms. The molecule has 1 saturated heterocycles. The molecule has 2 aromatic rings. The van der Waals surface area contributed by atoms with Gasteiger partial charge in [0.25, 0.3) is 0 Å². The van der Waals surface area contributed by atoms with Crippen molar-refractivity contribution < 1.29 is 13.9 Å². The van der Waals surface area contributed by atoms with Gasteiger partial charge in [-0.25, -0.2) is 4.39 Å². The van der Waals surface area contributed by atoms with Crippen molar-refractivity contribution in [2.24, 2.45) is 10.9 Å². The lowest BCUT2D eigenvalue weighted by atomic mass is 9.98. The summed E-state index contributed by atoms with van der Waals surface area (Å²) in [4.78, 5) is 22.1. The second-order valence-electron chi connectivity index (χ2n) is 7.03. The first-order chi connectivity index (χ1) is 13.6. The summed E-state index contributed by atoms with van der Waals surface area (Å²) >= 11 is 0. The highest BCUT2D eigenvalue weighted by atomic mass is 19.1. The van der Waals surface area contributed by atoms with E-state index < -0.39 is 0 Å². The monoisotopic (exact) mass is 388 g/mol. The van der Waals surface area contributed by atoms with Gasteiger partial charge in [0, 0.05) is 43.3 Å². The van der Waals surface area contributed by atoms with E-state index in [0.717, 1.165) is 54.8 Å². The number of carbonyl (C=O) groups excluding carboxylic acids is 1. The fraction of sp³-hybridized carbons (Fsp3) is 0.524. The summed E-state index contributed by atoms with van der Waals surface area (Å²) in [6.07, 6.45) is 4.49. The van der Waals surface area contributed by atoms with Gasteiger partial charge in [-0.05, 0) is 56.9 Å². The van der Waals surface area contributed by atoms with Crippen LogP contribution in [0.15, 0.2) is 29.4 Å². The fourth-order valence-corrected chi connectivity index (χ4v) is 3.70. The van der Waals surface area contributed by atoms with Crippen LogP contribution in [0, 0.1) is 11.7 Å². The van der Waals surface area contributed by atoms with E-state index in [1.807, 2.05) is 20.0 Å². The molecule has 0 radical (unpaired) electrons. The molecule has 1 fully saturated rings. The number of rotatable bonds is 6. The summed E-state index contributed by atoms with van der Waals surface area (Å²) < 4.78 is 18.5. The van der Waals surface area contributed by atoms with Gasteiger partial charge < -0.3 is 19.9 Å². The topological polar surface area (TPSA) is 69.7 Å². The van der Waals surface area contributed by atoms with Crippen LogP contribution in [0.3, 0.4) is 0 Å². The van der Waals surface area contributed by atoms with E-state index in [0.29, 0.717) is 19.7 Å². The summed E-state index contributed by atoms with van der Waals surface area (Å²) in [7, 11) is 0. The van der Waals surface area contributed by atoms with Crippen LogP contribution in [0.4, 0.5) is 4.39 Å². The highest BCUT2D eigenvalue weighted by Crippen LogP contribution is 2.20. The maximum absolute atomic E-state index is 13.3. The van der Waals surface area contributed by atoms with Crippen molar-refractivity contribution in [3.8, 4) is 0 Å². The first kappa shape index (κ1) is 20.2. The molecule has 1 aromatic carbocycles. The van der Waals surface area contributed by atoms with E-state index in [1.165, 1.54) is 12.1 Å². The molecule has 2 heterocycles. The van der Waals surface area contributed by atoms with Crippen LogP contribution >= 0.6 is 0 Å². The normalized spacial score (nSPS) is 17.8. The lowest BCUT2D eigenvalue weighted by Crippen LogP contribution is -2.48. The molecule has 0 aliphatic carbocycles. The molecule has 1 atom stereocenters. The number of carbonyl (C=O) groups is 1. The Kier molecular flexibility index (Phi) is 6.90. The summed E-state index contributed by atoms with van der Waals surface area (Å²) in [5, 5.41) is 4.36. The van der Waals surface area contributed by atoms with Gasteiger partial charge in [-0.15, -0.1) is 0 Å². The molecule has 3 rings (SSSR count). The third-order valence-corrected chi connectivity index (χ3v) is 5.05. The number of hydrogen-bond donors (Lipinski definition) is 2. The van der Waals surface area contributed by atoms with Crippen LogP contribution in [-0.4, -0.2) is 54.6 Å². The van der Waals surface area contributed by atoms with Crippen molar-refractivity contribution in [3.05, 3.63) is 35.8 Å². The summed E-state index contributed by atoms with van der Waals surface area (Å²) in [5.74, 6) is 0.382. The molecule has 0 spiro atoms. The van der Waals surface area contributed by atoms with E-state index in [-0.39, 0.29) is 17.7 Å². The first-order valence-corrected chi connectivity index (χ1v) is 10.1. The number of hydrogen-bond acceptors (Lipinski definition) is 3. The van der Waals surface area contributed by atoms with Crippen molar-refractivity contribution in [3.63, 3.8) is 0 Å². The number of aromatic nitrogens is 1. The number of H-pyrrole nitrogens is 1. The summed E-state index contributed by atoms with van der Waals surface area (Å²) in [6, 6.07) is 4.80. The molecule has 0 amide bonds. The predicted octanol–water partition coefficient (Wildman–Crippen LogP) is 3.09. The predicted molar refractivity (Wildman–Crippen MR) is 109 cm³/mol. The molecule has 1 aliphatic heterocycles. The number of guanidine groups is 1.